The van der Waals surface area contributed by atoms with Gasteiger partial charge in [0.05, 0.1) is 12.2 Å². The van der Waals surface area contributed by atoms with Gasteiger partial charge < -0.3 is 5.73 Å². The third-order valence-corrected chi connectivity index (χ3v) is 3.55. The van der Waals surface area contributed by atoms with E-state index in [1.54, 1.807) is 12.1 Å². The van der Waals surface area contributed by atoms with E-state index in [4.69, 9.17) is 5.73 Å². The van der Waals surface area contributed by atoms with Crippen molar-refractivity contribution in [2.75, 3.05) is 0 Å². The fraction of sp³-hybridized carbons (Fsp3) is 0.438. The number of rotatable bonds is 5. The van der Waals surface area contributed by atoms with Crippen LogP contribution >= 0.6 is 0 Å². The highest BCUT2D eigenvalue weighted by Crippen LogP contribution is 2.23. The molecule has 0 bridgehead atoms. The van der Waals surface area contributed by atoms with E-state index in [9.17, 15) is 4.39 Å². The molecule has 0 aliphatic rings. The van der Waals surface area contributed by atoms with Gasteiger partial charge in [0.15, 0.2) is 0 Å². The van der Waals surface area contributed by atoms with Crippen LogP contribution in [0.15, 0.2) is 24.3 Å². The molecule has 1 aromatic carbocycles. The van der Waals surface area contributed by atoms with Gasteiger partial charge >= 0.3 is 0 Å². The zero-order valence-electron chi connectivity index (χ0n) is 12.4. The second-order valence-corrected chi connectivity index (χ2v) is 5.09. The molecule has 1 heterocycles. The third kappa shape index (κ3) is 2.90. The number of hydrogen-bond donors (Lipinski definition) is 1. The highest BCUT2D eigenvalue weighted by Gasteiger charge is 2.18. The molecule has 1 unspecified atom stereocenters. The highest BCUT2D eigenvalue weighted by molar-refractivity contribution is 5.30. The van der Waals surface area contributed by atoms with Crippen LogP contribution in [0.4, 0.5) is 4.39 Å². The molecule has 108 valence electrons. The van der Waals surface area contributed by atoms with E-state index in [-0.39, 0.29) is 11.9 Å². The predicted octanol–water partition coefficient (Wildman–Crippen LogP) is 3.22. The minimum atomic E-state index is -0.213. The molecule has 2 rings (SSSR count). The van der Waals surface area contributed by atoms with Gasteiger partial charge in [-0.25, -0.2) is 4.39 Å². The van der Waals surface area contributed by atoms with Crippen LogP contribution in [0.2, 0.25) is 0 Å². The number of hydrogen-bond acceptors (Lipinski definition) is 2. The van der Waals surface area contributed by atoms with Crippen molar-refractivity contribution in [1.29, 1.82) is 0 Å². The lowest BCUT2D eigenvalue weighted by Gasteiger charge is -2.10. The topological polar surface area (TPSA) is 43.8 Å². The summed E-state index contributed by atoms with van der Waals surface area (Å²) in [6.45, 7) is 6.86. The molecule has 0 aliphatic heterocycles. The van der Waals surface area contributed by atoms with E-state index < -0.39 is 0 Å². The maximum absolute atomic E-state index is 13.0. The molecule has 2 N–H and O–H groups in total. The first-order valence-corrected chi connectivity index (χ1v) is 7.15. The summed E-state index contributed by atoms with van der Waals surface area (Å²) in [6, 6.07) is 6.55. The lowest BCUT2D eigenvalue weighted by Crippen LogP contribution is -2.11. The van der Waals surface area contributed by atoms with E-state index in [2.05, 4.69) is 18.9 Å². The summed E-state index contributed by atoms with van der Waals surface area (Å²) in [6.07, 6.45) is 1.77. The fourth-order valence-electron chi connectivity index (χ4n) is 2.62. The summed E-state index contributed by atoms with van der Waals surface area (Å²) < 4.78 is 15.0. The van der Waals surface area contributed by atoms with E-state index in [0.717, 1.165) is 29.7 Å². The molecule has 0 saturated heterocycles. The lowest BCUT2D eigenvalue weighted by atomic mass is 10.0. The van der Waals surface area contributed by atoms with Crippen molar-refractivity contribution in [1.82, 2.24) is 9.78 Å². The van der Waals surface area contributed by atoms with Crippen molar-refractivity contribution >= 4 is 0 Å². The Morgan fingerprint density at radius 1 is 1.20 bits per heavy atom. The molecule has 3 nitrogen and oxygen atoms in total. The van der Waals surface area contributed by atoms with Crippen molar-refractivity contribution in [3.8, 4) is 0 Å². The molecule has 0 saturated carbocycles. The highest BCUT2D eigenvalue weighted by atomic mass is 19.1. The molecule has 4 heteroatoms. The van der Waals surface area contributed by atoms with Crippen LogP contribution < -0.4 is 5.73 Å². The molecule has 1 atom stereocenters. The number of halogens is 1. The Labute approximate surface area is 119 Å². The van der Waals surface area contributed by atoms with Crippen molar-refractivity contribution in [3.05, 3.63) is 52.6 Å². The number of aryl methyl sites for hydroxylation is 1. The Bertz CT molecular complexity index is 570. The van der Waals surface area contributed by atoms with Crippen LogP contribution in [0.3, 0.4) is 0 Å². The summed E-state index contributed by atoms with van der Waals surface area (Å²) in [7, 11) is 0. The quantitative estimate of drug-likeness (QED) is 0.910. The van der Waals surface area contributed by atoms with Crippen LogP contribution in [0.5, 0.6) is 0 Å². The minimum Gasteiger partial charge on any atom is -0.324 e. The number of aromatic nitrogens is 2. The number of benzene rings is 1. The van der Waals surface area contributed by atoms with Crippen LogP contribution in [-0.2, 0) is 19.4 Å². The first-order chi connectivity index (χ1) is 9.56. The molecule has 2 aromatic rings. The fourth-order valence-corrected chi connectivity index (χ4v) is 2.62. The summed E-state index contributed by atoms with van der Waals surface area (Å²) in [5.41, 5.74) is 10.5. The largest absolute Gasteiger partial charge is 0.324 e. The maximum Gasteiger partial charge on any atom is 0.123 e. The van der Waals surface area contributed by atoms with E-state index in [0.29, 0.717) is 6.54 Å². The summed E-state index contributed by atoms with van der Waals surface area (Å²) in [5, 5.41) is 4.68. The summed E-state index contributed by atoms with van der Waals surface area (Å²) in [4.78, 5) is 0. The third-order valence-electron chi connectivity index (χ3n) is 3.55. The van der Waals surface area contributed by atoms with Gasteiger partial charge in [0, 0.05) is 17.3 Å². The zero-order chi connectivity index (χ0) is 14.7. The molecule has 0 radical (unpaired) electrons. The minimum absolute atomic E-state index is 0.0122. The van der Waals surface area contributed by atoms with Crippen molar-refractivity contribution in [3.63, 3.8) is 0 Å². The Kier molecular flexibility index (Phi) is 4.55. The Morgan fingerprint density at radius 2 is 1.85 bits per heavy atom. The molecule has 0 aliphatic carbocycles. The van der Waals surface area contributed by atoms with Gasteiger partial charge in [0.2, 0.25) is 0 Å². The van der Waals surface area contributed by atoms with Gasteiger partial charge in [0.25, 0.3) is 0 Å². The van der Waals surface area contributed by atoms with Crippen LogP contribution in [0, 0.1) is 5.82 Å². The van der Waals surface area contributed by atoms with Crippen LogP contribution in [0.25, 0.3) is 0 Å². The average Bonchev–Trinajstić information content (AvgIpc) is 2.79. The second kappa shape index (κ2) is 6.18. The van der Waals surface area contributed by atoms with Gasteiger partial charge in [0.1, 0.15) is 5.82 Å². The van der Waals surface area contributed by atoms with Crippen LogP contribution in [-0.4, -0.2) is 9.78 Å². The SMILES string of the molecule is CCc1nn(Cc2ccc(F)cc2)c(CC)c1C(C)N. The summed E-state index contributed by atoms with van der Waals surface area (Å²) in [5.74, 6) is -0.213. The van der Waals surface area contributed by atoms with Crippen molar-refractivity contribution < 1.29 is 4.39 Å². The van der Waals surface area contributed by atoms with E-state index >= 15 is 0 Å². The molecule has 1 aromatic heterocycles. The Hall–Kier alpha value is -1.68. The van der Waals surface area contributed by atoms with E-state index in [1.165, 1.54) is 17.8 Å². The molecular weight excluding hydrogens is 253 g/mol. The standard InChI is InChI=1S/C16H22FN3/c1-4-14-16(11(3)18)15(5-2)20(19-14)10-12-6-8-13(17)9-7-12/h6-9,11H,4-5,10,18H2,1-3H3. The van der Waals surface area contributed by atoms with Gasteiger partial charge in [-0.15, -0.1) is 0 Å². The average molecular weight is 275 g/mol. The van der Waals surface area contributed by atoms with Gasteiger partial charge in [-0.3, -0.25) is 4.68 Å². The molecular formula is C16H22FN3. The smallest absolute Gasteiger partial charge is 0.123 e. The Morgan fingerprint density at radius 3 is 2.35 bits per heavy atom. The molecule has 20 heavy (non-hydrogen) atoms. The molecule has 0 spiro atoms. The van der Waals surface area contributed by atoms with Gasteiger partial charge in [-0.2, -0.15) is 5.10 Å². The van der Waals surface area contributed by atoms with Crippen LogP contribution in [0.1, 0.15) is 49.3 Å². The lowest BCUT2D eigenvalue weighted by molar-refractivity contribution is 0.618. The zero-order valence-corrected chi connectivity index (χ0v) is 12.4. The maximum atomic E-state index is 13.0. The van der Waals surface area contributed by atoms with Gasteiger partial charge in [-0.05, 0) is 37.5 Å². The predicted molar refractivity (Wildman–Crippen MR) is 79.1 cm³/mol. The normalized spacial score (nSPS) is 12.7. The number of nitrogens with zero attached hydrogens (tertiary/aromatic N) is 2. The molecule has 0 fully saturated rings. The first-order valence-electron chi connectivity index (χ1n) is 7.15. The van der Waals surface area contributed by atoms with Crippen molar-refractivity contribution in [2.45, 2.75) is 46.2 Å². The Balaban J connectivity index is 2.38. The number of nitrogens with two attached hydrogens (primary N) is 1. The summed E-state index contributed by atoms with van der Waals surface area (Å²) >= 11 is 0. The van der Waals surface area contributed by atoms with Gasteiger partial charge in [-0.1, -0.05) is 26.0 Å². The molecule has 0 amide bonds. The van der Waals surface area contributed by atoms with E-state index in [1.807, 2.05) is 11.6 Å². The second-order valence-electron chi connectivity index (χ2n) is 5.09. The first kappa shape index (κ1) is 14.7. The van der Waals surface area contributed by atoms with Crippen molar-refractivity contribution in [2.24, 2.45) is 5.73 Å². The monoisotopic (exact) mass is 275 g/mol.